The number of aliphatic carboxylic acids is 1. The van der Waals surface area contributed by atoms with Gasteiger partial charge in [0.15, 0.2) is 0 Å². The summed E-state index contributed by atoms with van der Waals surface area (Å²) >= 11 is 0. The number of carboxylic acids is 1. The zero-order valence-electron chi connectivity index (χ0n) is 20.5. The van der Waals surface area contributed by atoms with E-state index in [4.69, 9.17) is 4.74 Å². The van der Waals surface area contributed by atoms with E-state index >= 15 is 0 Å². The molecule has 1 saturated carbocycles. The van der Waals surface area contributed by atoms with E-state index in [0.717, 1.165) is 12.1 Å². The van der Waals surface area contributed by atoms with Gasteiger partial charge in [-0.2, -0.15) is 0 Å². The van der Waals surface area contributed by atoms with Crippen molar-refractivity contribution in [1.82, 2.24) is 9.88 Å². The van der Waals surface area contributed by atoms with Gasteiger partial charge in [-0.15, -0.1) is 0 Å². The Kier molecular flexibility index (Phi) is 6.96. The van der Waals surface area contributed by atoms with Crippen LogP contribution in [0.15, 0.2) is 29.2 Å². The molecule has 2 amide bonds. The predicted octanol–water partition coefficient (Wildman–Crippen LogP) is 3.60. The van der Waals surface area contributed by atoms with Crippen LogP contribution in [0.5, 0.6) is 5.88 Å². The van der Waals surface area contributed by atoms with Crippen LogP contribution in [-0.4, -0.2) is 65.2 Å². The Labute approximate surface area is 209 Å². The molecule has 36 heavy (non-hydrogen) atoms. The van der Waals surface area contributed by atoms with Crippen LogP contribution in [0.1, 0.15) is 30.1 Å². The summed E-state index contributed by atoms with van der Waals surface area (Å²) in [4.78, 5) is 43.8. The lowest BCUT2D eigenvalue weighted by molar-refractivity contribution is -0.154. The number of fused-ring (bicyclic) bond motifs is 1. The highest BCUT2D eigenvalue weighted by atomic mass is 32.3. The summed E-state index contributed by atoms with van der Waals surface area (Å²) in [6, 6.07) is 4.30. The number of hydrogen-bond donors (Lipinski definition) is 2. The van der Waals surface area contributed by atoms with Gasteiger partial charge < -0.3 is 20.1 Å². The molecule has 1 fully saturated rings. The summed E-state index contributed by atoms with van der Waals surface area (Å²) in [5.74, 6) is -4.12. The molecule has 2 aliphatic rings. The zero-order valence-corrected chi connectivity index (χ0v) is 21.3. The number of nitrogens with one attached hydrogen (secondary N) is 1. The third-order valence-electron chi connectivity index (χ3n) is 6.63. The minimum Gasteiger partial charge on any atom is -0.481 e. The standard InChI is InChI=1S/C25H29F2N3O5S/c1-35-20-6-5-16-19(29-20)7-8-30(24(32)13-9-14(10-13)25(33)34)21(16)23(31)28-15-11-17(26)22(18(27)12-15)36(2,3)4/h5-6,11-14,21H,7-10H2,1-4H3,(H,28,31)(H,33,34). The molecular formula is C25H29F2N3O5S. The van der Waals surface area contributed by atoms with Gasteiger partial charge in [0.1, 0.15) is 17.7 Å². The smallest absolute Gasteiger partial charge is 0.306 e. The first kappa shape index (κ1) is 25.9. The Morgan fingerprint density at radius 1 is 1.11 bits per heavy atom. The molecule has 0 radical (unpaired) electrons. The summed E-state index contributed by atoms with van der Waals surface area (Å²) < 4.78 is 34.7. The van der Waals surface area contributed by atoms with E-state index in [-0.39, 0.29) is 35.9 Å². The molecule has 1 aliphatic carbocycles. The van der Waals surface area contributed by atoms with E-state index in [1.165, 1.54) is 12.0 Å². The second-order valence-corrected chi connectivity index (χ2v) is 14.0. The molecule has 194 valence electrons. The van der Waals surface area contributed by atoms with Gasteiger partial charge in [0.2, 0.25) is 11.8 Å². The van der Waals surface area contributed by atoms with E-state index in [0.29, 0.717) is 23.6 Å². The van der Waals surface area contributed by atoms with Crippen molar-refractivity contribution in [2.45, 2.75) is 30.2 Å². The Bertz CT molecular complexity index is 1200. The lowest BCUT2D eigenvalue weighted by Gasteiger charge is -2.41. The van der Waals surface area contributed by atoms with Crippen LogP contribution in [-0.2, 0) is 20.8 Å². The quantitative estimate of drug-likeness (QED) is 0.602. The summed E-state index contributed by atoms with van der Waals surface area (Å²) in [5.41, 5.74) is 1.01. The number of pyridine rings is 1. The maximum absolute atomic E-state index is 14.8. The number of halogens is 2. The van der Waals surface area contributed by atoms with Gasteiger partial charge in [-0.1, -0.05) is 0 Å². The van der Waals surface area contributed by atoms with Gasteiger partial charge in [-0.3, -0.25) is 14.4 Å². The molecule has 2 aromatic rings. The van der Waals surface area contributed by atoms with Crippen molar-refractivity contribution >= 4 is 33.5 Å². The lowest BCUT2D eigenvalue weighted by Crippen LogP contribution is -2.50. The van der Waals surface area contributed by atoms with Gasteiger partial charge in [-0.25, -0.2) is 23.8 Å². The number of benzene rings is 1. The molecule has 8 nitrogen and oxygen atoms in total. The number of ether oxygens (including phenoxy) is 1. The fourth-order valence-corrected chi connectivity index (χ4v) is 6.07. The van der Waals surface area contributed by atoms with Crippen molar-refractivity contribution < 1.29 is 33.0 Å². The summed E-state index contributed by atoms with van der Waals surface area (Å²) in [5, 5.41) is 11.7. The van der Waals surface area contributed by atoms with Crippen LogP contribution in [0.4, 0.5) is 14.5 Å². The summed E-state index contributed by atoms with van der Waals surface area (Å²) in [6.07, 6.45) is 6.10. The molecule has 2 N–H and O–H groups in total. The van der Waals surface area contributed by atoms with Crippen LogP contribution in [0, 0.1) is 23.5 Å². The number of anilines is 1. The third-order valence-corrected chi connectivity index (χ3v) is 8.25. The predicted molar refractivity (Wildman–Crippen MR) is 131 cm³/mol. The van der Waals surface area contributed by atoms with Crippen molar-refractivity contribution in [1.29, 1.82) is 0 Å². The molecular weight excluding hydrogens is 492 g/mol. The monoisotopic (exact) mass is 521 g/mol. The number of carbonyl (C=O) groups is 3. The largest absolute Gasteiger partial charge is 0.481 e. The minimum atomic E-state index is -1.69. The molecule has 2 heterocycles. The highest BCUT2D eigenvalue weighted by Crippen LogP contribution is 2.48. The lowest BCUT2D eigenvalue weighted by atomic mass is 9.73. The fourth-order valence-electron chi connectivity index (χ4n) is 4.78. The molecule has 0 spiro atoms. The molecule has 0 saturated heterocycles. The molecule has 0 bridgehead atoms. The number of carbonyl (C=O) groups excluding carboxylic acids is 2. The average molecular weight is 522 g/mol. The molecule has 1 atom stereocenters. The maximum atomic E-state index is 14.8. The second-order valence-electron chi connectivity index (χ2n) is 9.87. The Morgan fingerprint density at radius 2 is 1.75 bits per heavy atom. The van der Waals surface area contributed by atoms with Crippen LogP contribution >= 0.6 is 10.0 Å². The molecule has 1 unspecified atom stereocenters. The van der Waals surface area contributed by atoms with Crippen LogP contribution in [0.2, 0.25) is 0 Å². The summed E-state index contributed by atoms with van der Waals surface area (Å²) in [7, 11) is -0.219. The topological polar surface area (TPSA) is 109 Å². The maximum Gasteiger partial charge on any atom is 0.306 e. The van der Waals surface area contributed by atoms with Gasteiger partial charge in [-0.05, 0) is 49.8 Å². The zero-order chi connectivity index (χ0) is 26.4. The van der Waals surface area contributed by atoms with E-state index in [2.05, 4.69) is 10.3 Å². The first-order valence-electron chi connectivity index (χ1n) is 11.5. The van der Waals surface area contributed by atoms with Crippen molar-refractivity contribution in [3.8, 4) is 5.88 Å². The van der Waals surface area contributed by atoms with E-state index in [1.54, 1.807) is 30.9 Å². The van der Waals surface area contributed by atoms with E-state index in [9.17, 15) is 28.3 Å². The number of carboxylic acid groups (broad SMARTS) is 1. The minimum absolute atomic E-state index is 0.00502. The van der Waals surface area contributed by atoms with Gasteiger partial charge >= 0.3 is 5.97 Å². The molecule has 1 aromatic heterocycles. The number of nitrogens with zero attached hydrogens (tertiary/aromatic N) is 2. The molecule has 1 aliphatic heterocycles. The first-order chi connectivity index (χ1) is 16.9. The van der Waals surface area contributed by atoms with Crippen LogP contribution < -0.4 is 10.1 Å². The van der Waals surface area contributed by atoms with Gasteiger partial charge in [0.05, 0.1) is 23.6 Å². The Hall–Kier alpha value is -3.21. The van der Waals surface area contributed by atoms with Crippen LogP contribution in [0.3, 0.4) is 0 Å². The highest BCUT2D eigenvalue weighted by molar-refractivity contribution is 8.32. The number of rotatable bonds is 6. The highest BCUT2D eigenvalue weighted by Gasteiger charge is 2.45. The van der Waals surface area contributed by atoms with Crippen molar-refractivity contribution in [2.24, 2.45) is 11.8 Å². The van der Waals surface area contributed by atoms with E-state index in [1.807, 2.05) is 0 Å². The first-order valence-corrected chi connectivity index (χ1v) is 14.3. The van der Waals surface area contributed by atoms with E-state index < -0.39 is 51.4 Å². The fraction of sp³-hybridized carbons (Fsp3) is 0.440. The SMILES string of the molecule is COc1ccc2c(n1)CCN(C(=O)C1CC(C(=O)O)C1)C2C(=O)Nc1cc(F)c(S(C)(C)C)c(F)c1. The number of aromatic nitrogens is 1. The molecule has 11 heteroatoms. The average Bonchev–Trinajstić information content (AvgIpc) is 2.74. The Morgan fingerprint density at radius 3 is 2.31 bits per heavy atom. The Balaban J connectivity index is 1.65. The molecule has 1 aromatic carbocycles. The van der Waals surface area contributed by atoms with Gasteiger partial charge in [0, 0.05) is 36.2 Å². The van der Waals surface area contributed by atoms with Crippen molar-refractivity contribution in [3.63, 3.8) is 0 Å². The normalized spacial score (nSPS) is 21.7. The third kappa shape index (κ3) is 4.88. The van der Waals surface area contributed by atoms with Crippen molar-refractivity contribution in [2.75, 3.05) is 37.7 Å². The van der Waals surface area contributed by atoms with Crippen molar-refractivity contribution in [3.05, 3.63) is 47.2 Å². The molecule has 4 rings (SSSR count). The van der Waals surface area contributed by atoms with Gasteiger partial charge in [0.25, 0.3) is 5.91 Å². The second kappa shape index (κ2) is 9.68. The number of amides is 2. The summed E-state index contributed by atoms with van der Waals surface area (Å²) in [6.45, 7) is 0.188. The number of methoxy groups -OCH3 is 1. The number of hydrogen-bond acceptors (Lipinski definition) is 5. The van der Waals surface area contributed by atoms with Crippen LogP contribution in [0.25, 0.3) is 0 Å².